The number of carbonyl (C=O) groups excluding carboxylic acids is 1. The van der Waals surface area contributed by atoms with Crippen LogP contribution in [0.3, 0.4) is 0 Å². The number of carbonyl (C=O) groups is 1. The molecule has 2 rings (SSSR count). The first kappa shape index (κ1) is 13.5. The van der Waals surface area contributed by atoms with Gasteiger partial charge in [-0.25, -0.2) is 4.98 Å². The monoisotopic (exact) mass is 260 g/mol. The minimum absolute atomic E-state index is 0.0265. The number of aromatic nitrogens is 2. The highest BCUT2D eigenvalue weighted by atomic mass is 16.1. The zero-order valence-corrected chi connectivity index (χ0v) is 11.4. The molecule has 0 atom stereocenters. The van der Waals surface area contributed by atoms with Gasteiger partial charge in [0.25, 0.3) is 5.91 Å². The first-order chi connectivity index (χ1) is 9.16. The Kier molecular flexibility index (Phi) is 4.52. The van der Waals surface area contributed by atoms with E-state index in [0.717, 1.165) is 30.4 Å². The van der Waals surface area contributed by atoms with Crippen LogP contribution >= 0.6 is 0 Å². The van der Waals surface area contributed by atoms with Crippen LogP contribution < -0.4 is 5.32 Å². The van der Waals surface area contributed by atoms with Gasteiger partial charge in [0.1, 0.15) is 0 Å². The Morgan fingerprint density at radius 2 is 2.21 bits per heavy atom. The number of nitrogens with zero attached hydrogens (tertiary/aromatic N) is 2. The Morgan fingerprint density at radius 1 is 1.37 bits per heavy atom. The molecule has 102 valence electrons. The van der Waals surface area contributed by atoms with Gasteiger partial charge in [0, 0.05) is 12.1 Å². The Morgan fingerprint density at radius 3 is 3.00 bits per heavy atom. The van der Waals surface area contributed by atoms with Gasteiger partial charge in [-0.2, -0.15) is 0 Å². The summed E-state index contributed by atoms with van der Waals surface area (Å²) in [6.45, 7) is 1.77. The number of amides is 1. The molecule has 0 aliphatic rings. The van der Waals surface area contributed by atoms with Gasteiger partial charge in [0.2, 0.25) is 0 Å². The van der Waals surface area contributed by atoms with Crippen LogP contribution in [-0.4, -0.2) is 48.0 Å². The van der Waals surface area contributed by atoms with E-state index < -0.39 is 0 Å². The van der Waals surface area contributed by atoms with Crippen molar-refractivity contribution in [3.63, 3.8) is 0 Å². The molecule has 0 fully saturated rings. The lowest BCUT2D eigenvalue weighted by molar-refractivity contribution is 0.0953. The first-order valence-electron chi connectivity index (χ1n) is 6.53. The summed E-state index contributed by atoms with van der Waals surface area (Å²) in [7, 11) is 4.11. The molecule has 1 amide bonds. The molecule has 2 aromatic rings. The highest BCUT2D eigenvalue weighted by molar-refractivity contribution is 5.97. The zero-order chi connectivity index (χ0) is 13.7. The van der Waals surface area contributed by atoms with Gasteiger partial charge in [-0.1, -0.05) is 0 Å². The maximum absolute atomic E-state index is 12.0. The third-order valence-electron chi connectivity index (χ3n) is 3.00. The Hall–Kier alpha value is -1.88. The second kappa shape index (κ2) is 6.33. The standard InChI is InChI=1S/C14H20N4O/c1-18(2)8-4-3-7-15-14(19)11-5-6-12-13(9-11)17-10-16-12/h5-6,9-10H,3-4,7-8H2,1-2H3,(H,15,19)(H,16,17). The van der Waals surface area contributed by atoms with Gasteiger partial charge in [0.05, 0.1) is 17.4 Å². The van der Waals surface area contributed by atoms with Crippen LogP contribution in [0.15, 0.2) is 24.5 Å². The average molecular weight is 260 g/mol. The van der Waals surface area contributed by atoms with Gasteiger partial charge in [-0.3, -0.25) is 4.79 Å². The van der Waals surface area contributed by atoms with E-state index in [1.54, 1.807) is 12.4 Å². The predicted octanol–water partition coefficient (Wildman–Crippen LogP) is 1.63. The SMILES string of the molecule is CN(C)CCCCNC(=O)c1ccc2nc[nH]c2c1. The summed E-state index contributed by atoms with van der Waals surface area (Å²) in [5.41, 5.74) is 2.44. The van der Waals surface area contributed by atoms with E-state index in [0.29, 0.717) is 12.1 Å². The molecule has 0 aliphatic heterocycles. The number of unbranched alkanes of at least 4 members (excludes halogenated alkanes) is 1. The van der Waals surface area contributed by atoms with E-state index in [-0.39, 0.29) is 5.91 Å². The van der Waals surface area contributed by atoms with Crippen molar-refractivity contribution in [2.75, 3.05) is 27.2 Å². The number of aromatic amines is 1. The van der Waals surface area contributed by atoms with Gasteiger partial charge in [0.15, 0.2) is 0 Å². The van der Waals surface area contributed by atoms with E-state index in [1.807, 2.05) is 12.1 Å². The third-order valence-corrected chi connectivity index (χ3v) is 3.00. The molecular weight excluding hydrogens is 240 g/mol. The highest BCUT2D eigenvalue weighted by Crippen LogP contribution is 2.11. The van der Waals surface area contributed by atoms with Crippen LogP contribution in [0.25, 0.3) is 11.0 Å². The third kappa shape index (κ3) is 3.79. The highest BCUT2D eigenvalue weighted by Gasteiger charge is 2.06. The van der Waals surface area contributed by atoms with Gasteiger partial charge in [-0.15, -0.1) is 0 Å². The van der Waals surface area contributed by atoms with Crippen molar-refractivity contribution in [1.82, 2.24) is 20.2 Å². The van der Waals surface area contributed by atoms with E-state index in [9.17, 15) is 4.79 Å². The maximum Gasteiger partial charge on any atom is 0.251 e. The lowest BCUT2D eigenvalue weighted by Crippen LogP contribution is -2.25. The molecule has 5 nitrogen and oxygen atoms in total. The summed E-state index contributed by atoms with van der Waals surface area (Å²) in [5.74, 6) is -0.0265. The summed E-state index contributed by atoms with van der Waals surface area (Å²) >= 11 is 0. The van der Waals surface area contributed by atoms with Crippen LogP contribution in [-0.2, 0) is 0 Å². The first-order valence-corrected chi connectivity index (χ1v) is 6.53. The van der Waals surface area contributed by atoms with Crippen LogP contribution in [0.2, 0.25) is 0 Å². The van der Waals surface area contributed by atoms with E-state index >= 15 is 0 Å². The lowest BCUT2D eigenvalue weighted by atomic mass is 10.2. The molecule has 0 unspecified atom stereocenters. The summed E-state index contributed by atoms with van der Waals surface area (Å²) < 4.78 is 0. The van der Waals surface area contributed by atoms with Gasteiger partial charge in [-0.05, 0) is 51.7 Å². The number of benzene rings is 1. The van der Waals surface area contributed by atoms with Crippen molar-refractivity contribution in [3.8, 4) is 0 Å². The molecule has 5 heteroatoms. The van der Waals surface area contributed by atoms with E-state index in [1.165, 1.54) is 0 Å². The molecule has 0 saturated heterocycles. The maximum atomic E-state index is 12.0. The fourth-order valence-corrected chi connectivity index (χ4v) is 1.93. The molecular formula is C14H20N4O. The Bertz CT molecular complexity index is 547. The van der Waals surface area contributed by atoms with Crippen molar-refractivity contribution in [2.45, 2.75) is 12.8 Å². The molecule has 0 aliphatic carbocycles. The average Bonchev–Trinajstić information content (AvgIpc) is 2.84. The number of imidazole rings is 1. The quantitative estimate of drug-likeness (QED) is 0.776. The second-order valence-electron chi connectivity index (χ2n) is 4.90. The van der Waals surface area contributed by atoms with Crippen molar-refractivity contribution < 1.29 is 4.79 Å². The van der Waals surface area contributed by atoms with Crippen LogP contribution in [0.5, 0.6) is 0 Å². The summed E-state index contributed by atoms with van der Waals surface area (Å²) in [6, 6.07) is 5.49. The minimum Gasteiger partial charge on any atom is -0.352 e. The van der Waals surface area contributed by atoms with Crippen molar-refractivity contribution in [2.24, 2.45) is 0 Å². The number of nitrogens with one attached hydrogen (secondary N) is 2. The molecule has 0 radical (unpaired) electrons. The second-order valence-corrected chi connectivity index (χ2v) is 4.90. The van der Waals surface area contributed by atoms with E-state index in [4.69, 9.17) is 0 Å². The van der Waals surface area contributed by atoms with E-state index in [2.05, 4.69) is 34.3 Å². The number of hydrogen-bond donors (Lipinski definition) is 2. The molecule has 1 heterocycles. The fourth-order valence-electron chi connectivity index (χ4n) is 1.93. The topological polar surface area (TPSA) is 61.0 Å². The fraction of sp³-hybridized carbons (Fsp3) is 0.429. The van der Waals surface area contributed by atoms with Crippen LogP contribution in [0.4, 0.5) is 0 Å². The minimum atomic E-state index is -0.0265. The summed E-state index contributed by atoms with van der Waals surface area (Å²) in [4.78, 5) is 21.2. The van der Waals surface area contributed by atoms with Gasteiger partial charge < -0.3 is 15.2 Å². The number of hydrogen-bond acceptors (Lipinski definition) is 3. The van der Waals surface area contributed by atoms with Crippen LogP contribution in [0.1, 0.15) is 23.2 Å². The Labute approximate surface area is 113 Å². The number of rotatable bonds is 6. The van der Waals surface area contributed by atoms with Gasteiger partial charge >= 0.3 is 0 Å². The molecule has 1 aromatic heterocycles. The zero-order valence-electron chi connectivity index (χ0n) is 11.4. The molecule has 0 spiro atoms. The number of H-pyrrole nitrogens is 1. The lowest BCUT2D eigenvalue weighted by Gasteiger charge is -2.09. The molecule has 0 bridgehead atoms. The van der Waals surface area contributed by atoms with Crippen molar-refractivity contribution >= 4 is 16.9 Å². The molecule has 19 heavy (non-hydrogen) atoms. The smallest absolute Gasteiger partial charge is 0.251 e. The summed E-state index contributed by atoms with van der Waals surface area (Å²) in [5, 5.41) is 2.94. The normalized spacial score (nSPS) is 11.1. The molecule has 2 N–H and O–H groups in total. The molecule has 1 aromatic carbocycles. The van der Waals surface area contributed by atoms with Crippen molar-refractivity contribution in [3.05, 3.63) is 30.1 Å². The largest absolute Gasteiger partial charge is 0.352 e. The summed E-state index contributed by atoms with van der Waals surface area (Å²) in [6.07, 6.45) is 3.72. The predicted molar refractivity (Wildman–Crippen MR) is 76.2 cm³/mol. The Balaban J connectivity index is 1.82. The van der Waals surface area contributed by atoms with Crippen LogP contribution in [0, 0.1) is 0 Å². The molecule has 0 saturated carbocycles. The number of fused-ring (bicyclic) bond motifs is 1. The van der Waals surface area contributed by atoms with Crippen molar-refractivity contribution in [1.29, 1.82) is 0 Å².